The molecule has 9 heteroatoms. The fourth-order valence-electron chi connectivity index (χ4n) is 2.34. The Hall–Kier alpha value is -2.42. The highest BCUT2D eigenvalue weighted by Gasteiger charge is 2.19. The van der Waals surface area contributed by atoms with Crippen LogP contribution in [0.2, 0.25) is 0 Å². The predicted octanol–water partition coefficient (Wildman–Crippen LogP) is 1.80. The second-order valence-electron chi connectivity index (χ2n) is 5.19. The average Bonchev–Trinajstić information content (AvgIpc) is 3.06. The van der Waals surface area contributed by atoms with Crippen LogP contribution in [0, 0.1) is 10.1 Å². The van der Waals surface area contributed by atoms with Crippen LogP contribution in [-0.4, -0.2) is 43.4 Å². The molecule has 1 fully saturated rings. The van der Waals surface area contributed by atoms with Gasteiger partial charge in [0.2, 0.25) is 0 Å². The van der Waals surface area contributed by atoms with Crippen molar-refractivity contribution in [2.45, 2.75) is 18.9 Å². The molecule has 1 aliphatic heterocycles. The second kappa shape index (κ2) is 6.78. The number of non-ortho nitro benzene ring substituents is 1. The van der Waals surface area contributed by atoms with Crippen molar-refractivity contribution >= 4 is 23.4 Å². The highest BCUT2D eigenvalue weighted by Crippen LogP contribution is 2.18. The van der Waals surface area contributed by atoms with Crippen LogP contribution in [0.25, 0.3) is 5.69 Å². The van der Waals surface area contributed by atoms with E-state index in [0.29, 0.717) is 5.69 Å². The maximum Gasteiger partial charge on any atom is 0.273 e. The SMILES string of the molecule is O=C(NC1CCSCC1)c1cn(-c2cccc([N+](=O)[O-])c2)nn1. The smallest absolute Gasteiger partial charge is 0.273 e. The first kappa shape index (κ1) is 15.5. The quantitative estimate of drug-likeness (QED) is 0.676. The van der Waals surface area contributed by atoms with Gasteiger partial charge in [0.1, 0.15) is 0 Å². The zero-order chi connectivity index (χ0) is 16.2. The molecule has 0 unspecified atom stereocenters. The minimum atomic E-state index is -0.477. The zero-order valence-electron chi connectivity index (χ0n) is 12.2. The van der Waals surface area contributed by atoms with E-state index in [9.17, 15) is 14.9 Å². The number of nitro benzene ring substituents is 1. The number of rotatable bonds is 4. The summed E-state index contributed by atoms with van der Waals surface area (Å²) in [5, 5.41) is 21.5. The number of thioether (sulfide) groups is 1. The number of carbonyl (C=O) groups is 1. The van der Waals surface area contributed by atoms with Gasteiger partial charge >= 0.3 is 0 Å². The normalized spacial score (nSPS) is 15.3. The largest absolute Gasteiger partial charge is 0.348 e. The topological polar surface area (TPSA) is 103 Å². The Balaban J connectivity index is 1.73. The molecular formula is C14H15N5O3S. The van der Waals surface area contributed by atoms with E-state index < -0.39 is 4.92 Å². The molecule has 1 N–H and O–H groups in total. The summed E-state index contributed by atoms with van der Waals surface area (Å²) in [6.07, 6.45) is 3.39. The molecule has 1 aliphatic rings. The van der Waals surface area contributed by atoms with Crippen LogP contribution in [-0.2, 0) is 0 Å². The molecule has 120 valence electrons. The molecule has 0 saturated carbocycles. The van der Waals surface area contributed by atoms with Gasteiger partial charge in [0.05, 0.1) is 16.8 Å². The lowest BCUT2D eigenvalue weighted by Gasteiger charge is -2.21. The number of carbonyl (C=O) groups excluding carboxylic acids is 1. The molecule has 0 aliphatic carbocycles. The van der Waals surface area contributed by atoms with Gasteiger partial charge in [-0.1, -0.05) is 11.3 Å². The molecule has 1 aromatic carbocycles. The molecule has 0 atom stereocenters. The fraction of sp³-hybridized carbons (Fsp3) is 0.357. The van der Waals surface area contributed by atoms with E-state index >= 15 is 0 Å². The van der Waals surface area contributed by atoms with E-state index in [-0.39, 0.29) is 23.3 Å². The Bertz CT molecular complexity index is 727. The van der Waals surface area contributed by atoms with E-state index in [2.05, 4.69) is 15.6 Å². The van der Waals surface area contributed by atoms with Gasteiger partial charge in [0.25, 0.3) is 11.6 Å². The summed E-state index contributed by atoms with van der Waals surface area (Å²) in [4.78, 5) is 22.5. The van der Waals surface area contributed by atoms with Gasteiger partial charge < -0.3 is 5.32 Å². The van der Waals surface area contributed by atoms with Crippen molar-refractivity contribution in [3.8, 4) is 5.69 Å². The van der Waals surface area contributed by atoms with Crippen LogP contribution < -0.4 is 5.32 Å². The zero-order valence-corrected chi connectivity index (χ0v) is 13.0. The van der Waals surface area contributed by atoms with Crippen LogP contribution in [0.5, 0.6) is 0 Å². The first-order valence-corrected chi connectivity index (χ1v) is 8.35. The number of amides is 1. The summed E-state index contributed by atoms with van der Waals surface area (Å²) >= 11 is 1.89. The molecule has 23 heavy (non-hydrogen) atoms. The van der Waals surface area contributed by atoms with Gasteiger partial charge in [-0.25, -0.2) is 4.68 Å². The van der Waals surface area contributed by atoms with E-state index in [1.807, 2.05) is 11.8 Å². The summed E-state index contributed by atoms with van der Waals surface area (Å²) in [6, 6.07) is 6.19. The Morgan fingerprint density at radius 3 is 2.91 bits per heavy atom. The van der Waals surface area contributed by atoms with Crippen LogP contribution in [0.1, 0.15) is 23.3 Å². The summed E-state index contributed by atoms with van der Waals surface area (Å²) in [7, 11) is 0. The number of nitro groups is 1. The van der Waals surface area contributed by atoms with Gasteiger partial charge in [-0.15, -0.1) is 5.10 Å². The van der Waals surface area contributed by atoms with Gasteiger partial charge in [0.15, 0.2) is 5.69 Å². The molecular weight excluding hydrogens is 318 g/mol. The van der Waals surface area contributed by atoms with Gasteiger partial charge in [-0.05, 0) is 30.4 Å². The summed E-state index contributed by atoms with van der Waals surface area (Å²) in [6.45, 7) is 0. The lowest BCUT2D eigenvalue weighted by atomic mass is 10.1. The summed E-state index contributed by atoms with van der Waals surface area (Å²) in [5.41, 5.74) is 0.651. The lowest BCUT2D eigenvalue weighted by molar-refractivity contribution is -0.384. The average molecular weight is 333 g/mol. The van der Waals surface area contributed by atoms with E-state index in [1.165, 1.54) is 23.0 Å². The standard InChI is InChI=1S/C14H15N5O3S/c20-14(15-10-4-6-23-7-5-10)13-9-18(17-16-13)11-2-1-3-12(8-11)19(21)22/h1-3,8-10H,4-7H2,(H,15,20). The Morgan fingerprint density at radius 1 is 1.39 bits per heavy atom. The van der Waals surface area contributed by atoms with Crippen molar-refractivity contribution in [2.24, 2.45) is 0 Å². The first-order valence-electron chi connectivity index (χ1n) is 7.19. The van der Waals surface area contributed by atoms with Crippen molar-refractivity contribution in [3.63, 3.8) is 0 Å². The fourth-order valence-corrected chi connectivity index (χ4v) is 3.45. The second-order valence-corrected chi connectivity index (χ2v) is 6.41. The van der Waals surface area contributed by atoms with Gasteiger partial charge in [0, 0.05) is 18.2 Å². The van der Waals surface area contributed by atoms with E-state index in [4.69, 9.17) is 0 Å². The van der Waals surface area contributed by atoms with Crippen molar-refractivity contribution < 1.29 is 9.72 Å². The van der Waals surface area contributed by atoms with Crippen molar-refractivity contribution in [2.75, 3.05) is 11.5 Å². The number of hydrogen-bond acceptors (Lipinski definition) is 6. The molecule has 1 amide bonds. The first-order chi connectivity index (χ1) is 11.1. The van der Waals surface area contributed by atoms with Crippen molar-refractivity contribution in [1.82, 2.24) is 20.3 Å². The lowest BCUT2D eigenvalue weighted by Crippen LogP contribution is -2.37. The predicted molar refractivity (Wildman–Crippen MR) is 85.8 cm³/mol. The van der Waals surface area contributed by atoms with Crippen LogP contribution in [0.3, 0.4) is 0 Å². The van der Waals surface area contributed by atoms with Crippen LogP contribution in [0.15, 0.2) is 30.5 Å². The number of hydrogen-bond donors (Lipinski definition) is 1. The molecule has 0 radical (unpaired) electrons. The minimum absolute atomic E-state index is 0.0382. The van der Waals surface area contributed by atoms with Crippen LogP contribution in [0.4, 0.5) is 5.69 Å². The minimum Gasteiger partial charge on any atom is -0.348 e. The molecule has 0 spiro atoms. The molecule has 0 bridgehead atoms. The summed E-state index contributed by atoms with van der Waals surface area (Å²) in [5.74, 6) is 1.83. The molecule has 3 rings (SSSR count). The maximum atomic E-state index is 12.2. The highest BCUT2D eigenvalue weighted by atomic mass is 32.2. The van der Waals surface area contributed by atoms with E-state index in [1.54, 1.807) is 12.1 Å². The van der Waals surface area contributed by atoms with E-state index in [0.717, 1.165) is 24.3 Å². The highest BCUT2D eigenvalue weighted by molar-refractivity contribution is 7.99. The Kier molecular flexibility index (Phi) is 4.56. The van der Waals surface area contributed by atoms with Crippen molar-refractivity contribution in [1.29, 1.82) is 0 Å². The number of benzene rings is 1. The number of aromatic nitrogens is 3. The third-order valence-electron chi connectivity index (χ3n) is 3.59. The Labute approximate surface area is 136 Å². The summed E-state index contributed by atoms with van der Waals surface area (Å²) < 4.78 is 1.36. The molecule has 2 aromatic rings. The molecule has 8 nitrogen and oxygen atoms in total. The van der Waals surface area contributed by atoms with Crippen LogP contribution >= 0.6 is 11.8 Å². The monoisotopic (exact) mass is 333 g/mol. The van der Waals surface area contributed by atoms with Gasteiger partial charge in [-0.3, -0.25) is 14.9 Å². The molecule has 1 saturated heterocycles. The third-order valence-corrected chi connectivity index (χ3v) is 4.64. The molecule has 1 aromatic heterocycles. The third kappa shape index (κ3) is 3.67. The number of nitrogens with one attached hydrogen (secondary N) is 1. The Morgan fingerprint density at radius 2 is 2.17 bits per heavy atom. The molecule has 2 heterocycles. The maximum absolute atomic E-state index is 12.2. The van der Waals surface area contributed by atoms with Gasteiger partial charge in [-0.2, -0.15) is 11.8 Å². The number of nitrogens with zero attached hydrogens (tertiary/aromatic N) is 4. The van der Waals surface area contributed by atoms with Crippen molar-refractivity contribution in [3.05, 3.63) is 46.3 Å².